The normalized spacial score (nSPS) is 14.8. The fourth-order valence-electron chi connectivity index (χ4n) is 3.45. The molecule has 0 saturated heterocycles. The summed E-state index contributed by atoms with van der Waals surface area (Å²) in [6.07, 6.45) is -0.0897. The Balaban J connectivity index is 1.39. The maximum atomic E-state index is 13.0. The van der Waals surface area contributed by atoms with Crippen molar-refractivity contribution in [2.75, 3.05) is 24.6 Å². The predicted molar refractivity (Wildman–Crippen MR) is 123 cm³/mol. The van der Waals surface area contributed by atoms with Gasteiger partial charge in [-0.25, -0.2) is 0 Å². The van der Waals surface area contributed by atoms with Crippen LogP contribution in [0.25, 0.3) is 0 Å². The summed E-state index contributed by atoms with van der Waals surface area (Å²) in [5.41, 5.74) is 1.75. The summed E-state index contributed by atoms with van der Waals surface area (Å²) in [4.78, 5) is 27.3. The van der Waals surface area contributed by atoms with Gasteiger partial charge in [-0.3, -0.25) is 9.59 Å². The second kappa shape index (κ2) is 10.2. The largest absolute Gasteiger partial charge is 0.484 e. The first-order valence-electron chi connectivity index (χ1n) is 10.4. The van der Waals surface area contributed by atoms with E-state index in [1.54, 1.807) is 42.5 Å². The van der Waals surface area contributed by atoms with Gasteiger partial charge in [0.25, 0.3) is 11.8 Å². The number of hydrogen-bond donors (Lipinski definition) is 1. The van der Waals surface area contributed by atoms with Crippen molar-refractivity contribution in [1.82, 2.24) is 5.32 Å². The van der Waals surface area contributed by atoms with Gasteiger partial charge < -0.3 is 19.7 Å². The molecule has 0 unspecified atom stereocenters. The molecule has 0 bridgehead atoms. The van der Waals surface area contributed by atoms with Crippen molar-refractivity contribution in [1.29, 1.82) is 0 Å². The Morgan fingerprint density at radius 2 is 1.72 bits per heavy atom. The summed E-state index contributed by atoms with van der Waals surface area (Å²) in [5.74, 6) is 0.506. The molecule has 1 atom stereocenters. The molecule has 6 nitrogen and oxygen atoms in total. The highest BCUT2D eigenvalue weighted by atomic mass is 35.5. The summed E-state index contributed by atoms with van der Waals surface area (Å²) >= 11 is 5.89. The number of para-hydroxylation sites is 2. The van der Waals surface area contributed by atoms with Crippen LogP contribution in [0.15, 0.2) is 78.9 Å². The number of nitrogens with zero attached hydrogens (tertiary/aromatic N) is 1. The Kier molecular flexibility index (Phi) is 6.92. The maximum Gasteiger partial charge on any atom is 0.265 e. The van der Waals surface area contributed by atoms with Gasteiger partial charge in [0.15, 0.2) is 12.7 Å². The molecule has 0 aromatic heterocycles. The topological polar surface area (TPSA) is 67.9 Å². The molecule has 3 aromatic carbocycles. The summed E-state index contributed by atoms with van der Waals surface area (Å²) in [6, 6.07) is 23.9. The first-order valence-corrected chi connectivity index (χ1v) is 10.7. The summed E-state index contributed by atoms with van der Waals surface area (Å²) in [5, 5.41) is 3.50. The lowest BCUT2D eigenvalue weighted by Crippen LogP contribution is -2.52. The zero-order valence-corrected chi connectivity index (χ0v) is 18.1. The monoisotopic (exact) mass is 450 g/mol. The zero-order valence-electron chi connectivity index (χ0n) is 17.4. The van der Waals surface area contributed by atoms with Gasteiger partial charge in [-0.1, -0.05) is 54.1 Å². The maximum absolute atomic E-state index is 13.0. The smallest absolute Gasteiger partial charge is 0.265 e. The number of benzene rings is 3. The van der Waals surface area contributed by atoms with E-state index in [0.717, 1.165) is 5.56 Å². The average molecular weight is 451 g/mol. The Labute approximate surface area is 191 Å². The minimum absolute atomic E-state index is 0.108. The van der Waals surface area contributed by atoms with Crippen molar-refractivity contribution in [3.63, 3.8) is 0 Å². The lowest BCUT2D eigenvalue weighted by Gasteiger charge is -2.34. The molecule has 164 valence electrons. The minimum atomic E-state index is -0.805. The Morgan fingerprint density at radius 1 is 1.00 bits per heavy atom. The molecule has 0 radical (unpaired) electrons. The quantitative estimate of drug-likeness (QED) is 0.593. The lowest BCUT2D eigenvalue weighted by molar-refractivity contribution is -0.128. The number of anilines is 1. The zero-order chi connectivity index (χ0) is 22.3. The van der Waals surface area contributed by atoms with E-state index in [2.05, 4.69) is 5.32 Å². The van der Waals surface area contributed by atoms with E-state index in [1.165, 1.54) is 4.90 Å². The lowest BCUT2D eigenvalue weighted by atomic mass is 10.1. The summed E-state index contributed by atoms with van der Waals surface area (Å²) < 4.78 is 11.5. The van der Waals surface area contributed by atoms with Crippen molar-refractivity contribution in [2.45, 2.75) is 12.5 Å². The standard InChI is InChI=1S/C25H23ClN2O4/c26-19-10-12-20(13-11-19)31-17-24(29)28-16-23(32-22-9-5-4-8-21(22)28)25(30)27-15-14-18-6-2-1-3-7-18/h1-13,23H,14-17H2,(H,27,30)/t23-/m1/s1. The molecule has 1 heterocycles. The molecule has 7 heteroatoms. The van der Waals surface area contributed by atoms with Crippen molar-refractivity contribution in [2.24, 2.45) is 0 Å². The van der Waals surface area contributed by atoms with Crippen molar-refractivity contribution in [3.8, 4) is 11.5 Å². The van der Waals surface area contributed by atoms with E-state index >= 15 is 0 Å². The molecule has 1 aliphatic heterocycles. The summed E-state index contributed by atoms with van der Waals surface area (Å²) in [7, 11) is 0. The van der Waals surface area contributed by atoms with Crippen LogP contribution in [0.4, 0.5) is 5.69 Å². The fourth-order valence-corrected chi connectivity index (χ4v) is 3.58. The van der Waals surface area contributed by atoms with Gasteiger partial charge in [0.1, 0.15) is 11.5 Å². The molecule has 1 N–H and O–H groups in total. The van der Waals surface area contributed by atoms with Crippen LogP contribution in [-0.2, 0) is 16.0 Å². The van der Waals surface area contributed by atoms with Crippen molar-refractivity contribution >= 4 is 29.1 Å². The van der Waals surface area contributed by atoms with E-state index in [9.17, 15) is 9.59 Å². The van der Waals surface area contributed by atoms with E-state index in [-0.39, 0.29) is 25.0 Å². The Hall–Kier alpha value is -3.51. The van der Waals surface area contributed by atoms with E-state index in [4.69, 9.17) is 21.1 Å². The Morgan fingerprint density at radius 3 is 2.50 bits per heavy atom. The number of ether oxygens (including phenoxy) is 2. The highest BCUT2D eigenvalue weighted by molar-refractivity contribution is 6.30. The van der Waals surface area contributed by atoms with Crippen LogP contribution in [-0.4, -0.2) is 37.6 Å². The van der Waals surface area contributed by atoms with Gasteiger partial charge in [0.2, 0.25) is 0 Å². The number of amides is 2. The third-order valence-electron chi connectivity index (χ3n) is 5.10. The average Bonchev–Trinajstić information content (AvgIpc) is 2.83. The van der Waals surface area contributed by atoms with Crippen LogP contribution < -0.4 is 19.7 Å². The van der Waals surface area contributed by atoms with Crippen LogP contribution in [0.5, 0.6) is 11.5 Å². The number of hydrogen-bond acceptors (Lipinski definition) is 4. The summed E-state index contributed by atoms with van der Waals surface area (Å²) in [6.45, 7) is 0.424. The molecular weight excluding hydrogens is 428 g/mol. The molecule has 0 saturated carbocycles. The highest BCUT2D eigenvalue weighted by Crippen LogP contribution is 2.33. The van der Waals surface area contributed by atoms with Gasteiger partial charge in [0.05, 0.1) is 12.2 Å². The van der Waals surface area contributed by atoms with E-state index in [0.29, 0.717) is 35.2 Å². The molecule has 0 aliphatic carbocycles. The van der Waals surface area contributed by atoms with Crippen molar-refractivity contribution < 1.29 is 19.1 Å². The number of halogens is 1. The minimum Gasteiger partial charge on any atom is -0.484 e. The number of fused-ring (bicyclic) bond motifs is 1. The third-order valence-corrected chi connectivity index (χ3v) is 5.35. The van der Waals surface area contributed by atoms with E-state index < -0.39 is 6.10 Å². The molecule has 32 heavy (non-hydrogen) atoms. The molecule has 4 rings (SSSR count). The number of carbonyl (C=O) groups is 2. The van der Waals surface area contributed by atoms with Crippen LogP contribution in [0.1, 0.15) is 5.56 Å². The number of carbonyl (C=O) groups excluding carboxylic acids is 2. The van der Waals surface area contributed by atoms with Crippen LogP contribution in [0.3, 0.4) is 0 Å². The molecular formula is C25H23ClN2O4. The van der Waals surface area contributed by atoms with Crippen molar-refractivity contribution in [3.05, 3.63) is 89.4 Å². The molecule has 1 aliphatic rings. The van der Waals surface area contributed by atoms with Crippen LogP contribution in [0.2, 0.25) is 5.02 Å². The third kappa shape index (κ3) is 5.39. The van der Waals surface area contributed by atoms with E-state index in [1.807, 2.05) is 36.4 Å². The number of nitrogens with one attached hydrogen (secondary N) is 1. The first-order chi connectivity index (χ1) is 15.6. The molecule has 2 amide bonds. The van der Waals surface area contributed by atoms with Gasteiger partial charge >= 0.3 is 0 Å². The highest BCUT2D eigenvalue weighted by Gasteiger charge is 2.33. The first kappa shape index (κ1) is 21.7. The van der Waals surface area contributed by atoms with Gasteiger partial charge in [-0.15, -0.1) is 0 Å². The SMILES string of the molecule is O=C(NCCc1ccccc1)[C@H]1CN(C(=O)COc2ccc(Cl)cc2)c2ccccc2O1. The van der Waals surface area contributed by atoms with Gasteiger partial charge in [0, 0.05) is 11.6 Å². The van der Waals surface area contributed by atoms with Crippen LogP contribution in [0, 0.1) is 0 Å². The fraction of sp³-hybridized carbons (Fsp3) is 0.200. The number of rotatable bonds is 7. The van der Waals surface area contributed by atoms with Crippen LogP contribution >= 0.6 is 11.6 Å². The van der Waals surface area contributed by atoms with Gasteiger partial charge in [-0.2, -0.15) is 0 Å². The second-order valence-electron chi connectivity index (χ2n) is 7.35. The molecule has 3 aromatic rings. The molecule has 0 fully saturated rings. The predicted octanol–water partition coefficient (Wildman–Crippen LogP) is 3.87. The Bertz CT molecular complexity index is 1070. The molecule has 0 spiro atoms. The second-order valence-corrected chi connectivity index (χ2v) is 7.78. The van der Waals surface area contributed by atoms with Gasteiger partial charge in [-0.05, 0) is 48.4 Å².